The SMILES string of the molecule is O=C(c1nc(-c2ccccc2)nc(-c2ccccc2)n1)c1nc(-c2ccccc2)nc(-c2ccccc2)n1. The van der Waals surface area contributed by atoms with Crippen LogP contribution in [-0.4, -0.2) is 35.7 Å². The van der Waals surface area contributed by atoms with Crippen molar-refractivity contribution < 1.29 is 4.79 Å². The Balaban J connectivity index is 1.51. The Kier molecular flexibility index (Phi) is 6.22. The van der Waals surface area contributed by atoms with Gasteiger partial charge in [-0.3, -0.25) is 4.79 Å². The first-order chi connectivity index (χ1) is 18.7. The maximum absolute atomic E-state index is 13.9. The van der Waals surface area contributed by atoms with Gasteiger partial charge in [-0.25, -0.2) is 29.9 Å². The number of aromatic nitrogens is 6. The minimum atomic E-state index is -0.515. The van der Waals surface area contributed by atoms with Gasteiger partial charge >= 0.3 is 0 Å². The molecule has 180 valence electrons. The molecule has 0 unspecified atom stereocenters. The van der Waals surface area contributed by atoms with E-state index in [2.05, 4.69) is 29.9 Å². The lowest BCUT2D eigenvalue weighted by Crippen LogP contribution is -2.15. The fraction of sp³-hybridized carbons (Fsp3) is 0. The summed E-state index contributed by atoms with van der Waals surface area (Å²) in [6.07, 6.45) is 0. The Morgan fingerprint density at radius 3 is 0.816 bits per heavy atom. The van der Waals surface area contributed by atoms with E-state index in [0.29, 0.717) is 23.3 Å². The van der Waals surface area contributed by atoms with Gasteiger partial charge in [0.05, 0.1) is 0 Å². The molecule has 0 atom stereocenters. The average molecular weight is 493 g/mol. The normalized spacial score (nSPS) is 10.7. The summed E-state index contributed by atoms with van der Waals surface area (Å²) in [5, 5.41) is 0. The standard InChI is InChI=1S/C31H20N6O/c38-25(30-34-26(21-13-5-1-6-14-21)32-27(35-30)22-15-7-2-8-16-22)31-36-28(23-17-9-3-10-18-23)33-29(37-31)24-19-11-4-12-20-24/h1-20H. The smallest absolute Gasteiger partial charge is 0.267 e. The fourth-order valence-corrected chi connectivity index (χ4v) is 3.92. The minimum Gasteiger partial charge on any atom is -0.281 e. The van der Waals surface area contributed by atoms with Crippen molar-refractivity contribution in [1.29, 1.82) is 0 Å². The molecule has 0 fully saturated rings. The Hall–Kier alpha value is -5.43. The van der Waals surface area contributed by atoms with Gasteiger partial charge in [0.25, 0.3) is 5.78 Å². The van der Waals surface area contributed by atoms with Crippen LogP contribution < -0.4 is 0 Å². The lowest BCUT2D eigenvalue weighted by Gasteiger charge is -2.09. The second kappa shape index (κ2) is 10.3. The molecule has 0 saturated heterocycles. The summed E-state index contributed by atoms with van der Waals surface area (Å²) in [5.41, 5.74) is 3.08. The van der Waals surface area contributed by atoms with Crippen molar-refractivity contribution >= 4 is 5.78 Å². The molecule has 2 aromatic heterocycles. The summed E-state index contributed by atoms with van der Waals surface area (Å²) in [6.45, 7) is 0. The summed E-state index contributed by atoms with van der Waals surface area (Å²) >= 11 is 0. The Morgan fingerprint density at radius 1 is 0.342 bits per heavy atom. The van der Waals surface area contributed by atoms with Gasteiger partial charge in [0.2, 0.25) is 11.6 Å². The summed E-state index contributed by atoms with van der Waals surface area (Å²) in [6, 6.07) is 37.9. The summed E-state index contributed by atoms with van der Waals surface area (Å²) in [7, 11) is 0. The molecule has 0 radical (unpaired) electrons. The van der Waals surface area contributed by atoms with Crippen LogP contribution in [0.25, 0.3) is 45.6 Å². The number of carbonyl (C=O) groups excluding carboxylic acids is 1. The molecule has 0 amide bonds. The van der Waals surface area contributed by atoms with Crippen molar-refractivity contribution in [2.45, 2.75) is 0 Å². The van der Waals surface area contributed by atoms with Gasteiger partial charge in [-0.2, -0.15) is 0 Å². The first-order valence-electron chi connectivity index (χ1n) is 12.0. The molecule has 0 saturated carbocycles. The van der Waals surface area contributed by atoms with Crippen LogP contribution in [0.3, 0.4) is 0 Å². The van der Waals surface area contributed by atoms with Crippen LogP contribution in [0.4, 0.5) is 0 Å². The third-order valence-corrected chi connectivity index (χ3v) is 5.80. The molecule has 0 aliphatic heterocycles. The zero-order valence-corrected chi connectivity index (χ0v) is 20.1. The van der Waals surface area contributed by atoms with Crippen molar-refractivity contribution in [2.24, 2.45) is 0 Å². The van der Waals surface area contributed by atoms with Gasteiger partial charge in [-0.15, -0.1) is 0 Å². The molecule has 2 heterocycles. The lowest BCUT2D eigenvalue weighted by atomic mass is 10.1. The Morgan fingerprint density at radius 2 is 0.579 bits per heavy atom. The Bertz CT molecular complexity index is 1470. The van der Waals surface area contributed by atoms with Crippen LogP contribution in [0.15, 0.2) is 121 Å². The number of ketones is 1. The molecule has 0 spiro atoms. The van der Waals surface area contributed by atoms with Crippen molar-refractivity contribution in [1.82, 2.24) is 29.9 Å². The van der Waals surface area contributed by atoms with Crippen molar-refractivity contribution in [3.63, 3.8) is 0 Å². The highest BCUT2D eigenvalue weighted by Gasteiger charge is 2.22. The molecular weight excluding hydrogens is 472 g/mol. The van der Waals surface area contributed by atoms with E-state index in [4.69, 9.17) is 0 Å². The molecule has 6 aromatic rings. The summed E-state index contributed by atoms with van der Waals surface area (Å²) < 4.78 is 0. The third kappa shape index (κ3) is 4.81. The number of hydrogen-bond acceptors (Lipinski definition) is 7. The molecule has 0 aliphatic rings. The van der Waals surface area contributed by atoms with E-state index in [9.17, 15) is 4.79 Å². The van der Waals surface area contributed by atoms with Crippen LogP contribution in [0.5, 0.6) is 0 Å². The largest absolute Gasteiger partial charge is 0.281 e. The summed E-state index contributed by atoms with van der Waals surface area (Å²) in [4.78, 5) is 41.3. The summed E-state index contributed by atoms with van der Waals surface area (Å²) in [5.74, 6) is 0.973. The highest BCUT2D eigenvalue weighted by Crippen LogP contribution is 2.23. The molecular formula is C31H20N6O. The number of rotatable bonds is 6. The maximum Gasteiger partial charge on any atom is 0.267 e. The quantitative estimate of drug-likeness (QED) is 0.265. The zero-order valence-electron chi connectivity index (χ0n) is 20.1. The molecule has 38 heavy (non-hydrogen) atoms. The topological polar surface area (TPSA) is 94.4 Å². The maximum atomic E-state index is 13.9. The second-order valence-electron chi connectivity index (χ2n) is 8.41. The predicted molar refractivity (Wildman–Crippen MR) is 145 cm³/mol. The molecule has 0 aliphatic carbocycles. The molecule has 4 aromatic carbocycles. The molecule has 6 rings (SSSR count). The number of benzene rings is 4. The fourth-order valence-electron chi connectivity index (χ4n) is 3.92. The Labute approximate surface area is 219 Å². The van der Waals surface area contributed by atoms with Crippen LogP contribution in [-0.2, 0) is 0 Å². The predicted octanol–water partition coefficient (Wildman–Crippen LogP) is 5.96. The monoisotopic (exact) mass is 492 g/mol. The molecule has 0 N–H and O–H groups in total. The van der Waals surface area contributed by atoms with Gasteiger partial charge in [0.1, 0.15) is 0 Å². The van der Waals surface area contributed by atoms with Crippen LogP contribution in [0.2, 0.25) is 0 Å². The van der Waals surface area contributed by atoms with Crippen LogP contribution in [0, 0.1) is 0 Å². The highest BCUT2D eigenvalue weighted by molar-refractivity contribution is 6.04. The molecule has 0 bridgehead atoms. The van der Waals surface area contributed by atoms with Crippen molar-refractivity contribution in [2.75, 3.05) is 0 Å². The van der Waals surface area contributed by atoms with E-state index in [1.165, 1.54) is 0 Å². The number of hydrogen-bond donors (Lipinski definition) is 0. The first-order valence-corrected chi connectivity index (χ1v) is 12.0. The van der Waals surface area contributed by atoms with Crippen molar-refractivity contribution in [3.8, 4) is 45.6 Å². The third-order valence-electron chi connectivity index (χ3n) is 5.80. The van der Waals surface area contributed by atoms with E-state index in [1.807, 2.05) is 121 Å². The van der Waals surface area contributed by atoms with Gasteiger partial charge in [-0.1, -0.05) is 121 Å². The van der Waals surface area contributed by atoms with E-state index >= 15 is 0 Å². The van der Waals surface area contributed by atoms with Gasteiger partial charge in [0, 0.05) is 22.3 Å². The van der Waals surface area contributed by atoms with Crippen LogP contribution >= 0.6 is 0 Å². The first kappa shape index (κ1) is 23.0. The number of nitrogens with zero attached hydrogens (tertiary/aromatic N) is 6. The van der Waals surface area contributed by atoms with Gasteiger partial charge in [0.15, 0.2) is 23.3 Å². The number of carbonyl (C=O) groups is 1. The minimum absolute atomic E-state index is 0.0399. The van der Waals surface area contributed by atoms with Gasteiger partial charge in [-0.05, 0) is 0 Å². The van der Waals surface area contributed by atoms with E-state index in [1.54, 1.807) is 0 Å². The van der Waals surface area contributed by atoms with Crippen molar-refractivity contribution in [3.05, 3.63) is 133 Å². The van der Waals surface area contributed by atoms with E-state index in [-0.39, 0.29) is 11.6 Å². The lowest BCUT2D eigenvalue weighted by molar-refractivity contribution is 0.101. The van der Waals surface area contributed by atoms with E-state index < -0.39 is 5.78 Å². The molecule has 7 nitrogen and oxygen atoms in total. The van der Waals surface area contributed by atoms with Crippen LogP contribution in [0.1, 0.15) is 16.4 Å². The highest BCUT2D eigenvalue weighted by atomic mass is 16.1. The zero-order chi connectivity index (χ0) is 25.7. The average Bonchev–Trinajstić information content (AvgIpc) is 3.02. The van der Waals surface area contributed by atoms with E-state index in [0.717, 1.165) is 22.3 Å². The molecule has 7 heteroatoms. The second-order valence-corrected chi connectivity index (χ2v) is 8.41. The van der Waals surface area contributed by atoms with Gasteiger partial charge < -0.3 is 0 Å².